The van der Waals surface area contributed by atoms with E-state index in [-0.39, 0.29) is 12.4 Å². The third-order valence-corrected chi connectivity index (χ3v) is 4.91. The zero-order valence-electron chi connectivity index (χ0n) is 18.0. The van der Waals surface area contributed by atoms with E-state index in [9.17, 15) is 31.5 Å². The van der Waals surface area contributed by atoms with Crippen LogP contribution in [0.2, 0.25) is 5.15 Å². The molecule has 0 bridgehead atoms. The molecule has 33 heavy (non-hydrogen) atoms. The van der Waals surface area contributed by atoms with Crippen LogP contribution in [0, 0.1) is 17.6 Å². The number of aromatic nitrogens is 2. The molecule has 0 spiro atoms. The highest BCUT2D eigenvalue weighted by molar-refractivity contribution is 6.32. The summed E-state index contributed by atoms with van der Waals surface area (Å²) in [4.78, 5) is 29.5. The molecule has 2 rings (SSSR count). The number of hydrogen-bond acceptors (Lipinski definition) is 5. The van der Waals surface area contributed by atoms with Gasteiger partial charge in [-0.1, -0.05) is 18.5 Å². The minimum absolute atomic E-state index is 0.153. The lowest BCUT2D eigenvalue weighted by molar-refractivity contribution is -0.172. The second kappa shape index (κ2) is 10.5. The number of carbonyl (C=O) groups is 1. The van der Waals surface area contributed by atoms with Gasteiger partial charge in [-0.05, 0) is 20.5 Å². The van der Waals surface area contributed by atoms with E-state index in [4.69, 9.17) is 22.1 Å². The summed E-state index contributed by atoms with van der Waals surface area (Å²) in [5.41, 5.74) is 1.09. The summed E-state index contributed by atoms with van der Waals surface area (Å²) in [7, 11) is 3.68. The van der Waals surface area contributed by atoms with Crippen LogP contribution in [-0.2, 0) is 6.54 Å². The first kappa shape index (κ1) is 26.5. The normalized spacial score (nSPS) is 12.8. The summed E-state index contributed by atoms with van der Waals surface area (Å²) in [5, 5.41) is -0.768. The number of rotatable bonds is 9. The van der Waals surface area contributed by atoms with E-state index in [1.54, 1.807) is 0 Å². The molecule has 0 saturated heterocycles. The second-order valence-electron chi connectivity index (χ2n) is 7.59. The van der Waals surface area contributed by atoms with Gasteiger partial charge in [0, 0.05) is 25.2 Å². The van der Waals surface area contributed by atoms with Gasteiger partial charge >= 0.3 is 6.18 Å². The molecule has 182 valence electrons. The molecule has 0 aliphatic rings. The standard InChI is InChI=1S/C20H22ClF5N4O3/c1-10(20(24,25)26)9-30-16(17(21)28-15(18(27)31)19(30)32)14-12(22)7-11(8-13(14)23)33-6-4-5-29(2)3/h7-8,10H,4-6,9H2,1-3H3,(H2,27,31). The van der Waals surface area contributed by atoms with Crippen molar-refractivity contribution in [1.29, 1.82) is 0 Å². The average molecular weight is 497 g/mol. The molecule has 0 aliphatic carbocycles. The predicted octanol–water partition coefficient (Wildman–Crippen LogP) is 3.47. The molecular formula is C20H22ClF5N4O3. The van der Waals surface area contributed by atoms with Gasteiger partial charge in [-0.25, -0.2) is 13.8 Å². The first-order valence-electron chi connectivity index (χ1n) is 9.67. The molecular weight excluding hydrogens is 475 g/mol. The lowest BCUT2D eigenvalue weighted by Crippen LogP contribution is -2.36. The third kappa shape index (κ3) is 6.41. The van der Waals surface area contributed by atoms with E-state index < -0.39 is 63.8 Å². The Hall–Kier alpha value is -2.73. The largest absolute Gasteiger partial charge is 0.493 e. The van der Waals surface area contributed by atoms with Gasteiger partial charge in [-0.3, -0.25) is 9.59 Å². The Morgan fingerprint density at radius 1 is 1.27 bits per heavy atom. The monoisotopic (exact) mass is 496 g/mol. The van der Waals surface area contributed by atoms with E-state index in [0.29, 0.717) is 17.5 Å². The summed E-state index contributed by atoms with van der Waals surface area (Å²) in [6.07, 6.45) is -4.18. The second-order valence-corrected chi connectivity index (χ2v) is 7.95. The van der Waals surface area contributed by atoms with Crippen molar-refractivity contribution in [2.45, 2.75) is 26.1 Å². The first-order chi connectivity index (χ1) is 15.2. The van der Waals surface area contributed by atoms with Gasteiger partial charge in [-0.15, -0.1) is 0 Å². The number of ether oxygens (including phenoxy) is 1. The fourth-order valence-electron chi connectivity index (χ4n) is 2.92. The van der Waals surface area contributed by atoms with Crippen molar-refractivity contribution in [3.8, 4) is 17.0 Å². The molecule has 13 heteroatoms. The number of nitrogens with zero attached hydrogens (tertiary/aromatic N) is 3. The van der Waals surface area contributed by atoms with E-state index in [1.165, 1.54) is 0 Å². The molecule has 7 nitrogen and oxygen atoms in total. The van der Waals surface area contributed by atoms with Crippen LogP contribution in [0.3, 0.4) is 0 Å². The number of alkyl halides is 3. The molecule has 2 N–H and O–H groups in total. The number of nitrogens with two attached hydrogens (primary N) is 1. The van der Waals surface area contributed by atoms with Gasteiger partial charge in [-0.2, -0.15) is 13.2 Å². The summed E-state index contributed by atoms with van der Waals surface area (Å²) in [5.74, 6) is -6.15. The smallest absolute Gasteiger partial charge is 0.393 e. The van der Waals surface area contributed by atoms with Gasteiger partial charge in [0.1, 0.15) is 17.4 Å². The van der Waals surface area contributed by atoms with Crippen LogP contribution in [0.5, 0.6) is 5.75 Å². The summed E-state index contributed by atoms with van der Waals surface area (Å²) >= 11 is 5.97. The topological polar surface area (TPSA) is 90.4 Å². The highest BCUT2D eigenvalue weighted by Gasteiger charge is 2.37. The minimum atomic E-state index is -4.75. The molecule has 0 fully saturated rings. The van der Waals surface area contributed by atoms with E-state index in [0.717, 1.165) is 19.1 Å². The van der Waals surface area contributed by atoms with Crippen molar-refractivity contribution in [1.82, 2.24) is 14.5 Å². The fourth-order valence-corrected chi connectivity index (χ4v) is 3.20. The maximum Gasteiger partial charge on any atom is 0.393 e. The number of carbonyl (C=O) groups excluding carboxylic acids is 1. The maximum absolute atomic E-state index is 14.9. The Bertz CT molecular complexity index is 1070. The Kier molecular flexibility index (Phi) is 8.41. The van der Waals surface area contributed by atoms with Gasteiger partial charge < -0.3 is 19.9 Å². The molecule has 1 unspecified atom stereocenters. The summed E-state index contributed by atoms with van der Waals surface area (Å²) < 4.78 is 74.9. The molecule has 1 amide bonds. The summed E-state index contributed by atoms with van der Waals surface area (Å²) in [6, 6.07) is 1.63. The highest BCUT2D eigenvalue weighted by atomic mass is 35.5. The summed E-state index contributed by atoms with van der Waals surface area (Å²) in [6.45, 7) is 0.494. The van der Waals surface area contributed by atoms with Gasteiger partial charge in [0.05, 0.1) is 23.8 Å². The predicted molar refractivity (Wildman–Crippen MR) is 111 cm³/mol. The molecule has 1 aromatic carbocycles. The van der Waals surface area contributed by atoms with Crippen molar-refractivity contribution in [2.75, 3.05) is 27.2 Å². The van der Waals surface area contributed by atoms with Crippen LogP contribution >= 0.6 is 11.6 Å². The molecule has 1 atom stereocenters. The molecule has 0 saturated carbocycles. The van der Waals surface area contributed by atoms with E-state index >= 15 is 0 Å². The van der Waals surface area contributed by atoms with Crippen LogP contribution in [0.4, 0.5) is 22.0 Å². The van der Waals surface area contributed by atoms with Crippen LogP contribution in [-0.4, -0.2) is 53.8 Å². The number of halogens is 6. The van der Waals surface area contributed by atoms with Gasteiger partial charge in [0.25, 0.3) is 11.5 Å². The van der Waals surface area contributed by atoms with E-state index in [2.05, 4.69) is 4.98 Å². The van der Waals surface area contributed by atoms with Crippen LogP contribution < -0.4 is 16.0 Å². The lowest BCUT2D eigenvalue weighted by Gasteiger charge is -2.21. The number of primary amides is 1. The molecule has 1 heterocycles. The molecule has 0 radical (unpaired) electrons. The van der Waals surface area contributed by atoms with Crippen molar-refractivity contribution in [3.05, 3.63) is 45.0 Å². The van der Waals surface area contributed by atoms with E-state index in [1.807, 2.05) is 19.0 Å². The molecule has 1 aromatic heterocycles. The third-order valence-electron chi connectivity index (χ3n) is 4.64. The molecule has 0 aliphatic heterocycles. The average Bonchev–Trinajstić information content (AvgIpc) is 2.68. The van der Waals surface area contributed by atoms with Crippen LogP contribution in [0.15, 0.2) is 16.9 Å². The first-order valence-corrected chi connectivity index (χ1v) is 10.1. The Balaban J connectivity index is 2.60. The van der Waals surface area contributed by atoms with Crippen molar-refractivity contribution in [2.24, 2.45) is 11.7 Å². The van der Waals surface area contributed by atoms with Crippen molar-refractivity contribution < 1.29 is 31.5 Å². The zero-order valence-corrected chi connectivity index (χ0v) is 18.7. The maximum atomic E-state index is 14.9. The molecule has 2 aromatic rings. The lowest BCUT2D eigenvalue weighted by atomic mass is 10.1. The van der Waals surface area contributed by atoms with Gasteiger partial charge in [0.2, 0.25) is 0 Å². The quantitative estimate of drug-likeness (QED) is 0.424. The van der Waals surface area contributed by atoms with Crippen molar-refractivity contribution in [3.63, 3.8) is 0 Å². The Morgan fingerprint density at radius 2 is 1.85 bits per heavy atom. The highest BCUT2D eigenvalue weighted by Crippen LogP contribution is 2.35. The Labute approximate surface area is 190 Å². The van der Waals surface area contributed by atoms with Crippen LogP contribution in [0.25, 0.3) is 11.3 Å². The number of hydrogen-bond donors (Lipinski definition) is 1. The fraction of sp³-hybridized carbons (Fsp3) is 0.450. The number of benzene rings is 1. The van der Waals surface area contributed by atoms with Crippen LogP contribution in [0.1, 0.15) is 23.8 Å². The number of amides is 1. The zero-order chi connectivity index (χ0) is 25.1. The van der Waals surface area contributed by atoms with Gasteiger partial charge in [0.15, 0.2) is 10.8 Å². The SMILES string of the molecule is CC(Cn1c(-c2c(F)cc(OCCCN(C)C)cc2F)c(Cl)nc(C(N)=O)c1=O)C(F)(F)F. The minimum Gasteiger partial charge on any atom is -0.493 e. The Morgan fingerprint density at radius 3 is 2.33 bits per heavy atom. The van der Waals surface area contributed by atoms with Crippen molar-refractivity contribution >= 4 is 17.5 Å².